The van der Waals surface area contributed by atoms with Crippen LogP contribution in [0.25, 0.3) is 0 Å². The monoisotopic (exact) mass is 285 g/mol. The average Bonchev–Trinajstić information content (AvgIpc) is 2.42. The minimum atomic E-state index is -0.562. The topological polar surface area (TPSA) is 54.0 Å². The van der Waals surface area contributed by atoms with Crippen LogP contribution in [0.15, 0.2) is 12.3 Å². The summed E-state index contributed by atoms with van der Waals surface area (Å²) in [4.78, 5) is 15.7. The number of aromatic nitrogens is 1. The molecule has 2 rings (SSSR count). The van der Waals surface area contributed by atoms with Crippen molar-refractivity contribution in [3.63, 3.8) is 0 Å². The van der Waals surface area contributed by atoms with Crippen molar-refractivity contribution in [2.75, 3.05) is 7.05 Å². The lowest BCUT2D eigenvalue weighted by Gasteiger charge is -2.28. The fraction of sp³-hybridized carbons (Fsp3) is 0.538. The standard InChI is InChI=1S/C13H17ClFN3O/c1-16-9-2-4-10(5-3-9)18-13(19)11-6-8(15)7-17-12(11)14/h6-7,9-10,16H,2-5H2,1H3,(H,18,19). The molecule has 0 radical (unpaired) electrons. The Kier molecular flexibility index (Phi) is 4.71. The number of nitrogens with zero attached hydrogens (tertiary/aromatic N) is 1. The van der Waals surface area contributed by atoms with Gasteiger partial charge in [0.1, 0.15) is 11.0 Å². The second kappa shape index (κ2) is 6.30. The molecule has 1 aromatic rings. The van der Waals surface area contributed by atoms with Gasteiger partial charge in [-0.2, -0.15) is 0 Å². The Morgan fingerprint density at radius 3 is 2.63 bits per heavy atom. The summed E-state index contributed by atoms with van der Waals surface area (Å²) < 4.78 is 13.1. The van der Waals surface area contributed by atoms with Crippen LogP contribution in [-0.4, -0.2) is 30.0 Å². The van der Waals surface area contributed by atoms with E-state index in [9.17, 15) is 9.18 Å². The van der Waals surface area contributed by atoms with Crippen molar-refractivity contribution < 1.29 is 9.18 Å². The van der Waals surface area contributed by atoms with Crippen LogP contribution in [0.1, 0.15) is 36.0 Å². The molecule has 0 saturated heterocycles. The van der Waals surface area contributed by atoms with Gasteiger partial charge in [0.15, 0.2) is 0 Å². The highest BCUT2D eigenvalue weighted by Crippen LogP contribution is 2.20. The molecule has 2 N–H and O–H groups in total. The number of halogens is 2. The van der Waals surface area contributed by atoms with Gasteiger partial charge in [-0.3, -0.25) is 4.79 Å². The van der Waals surface area contributed by atoms with Crippen LogP contribution < -0.4 is 10.6 Å². The van der Waals surface area contributed by atoms with Gasteiger partial charge in [0.25, 0.3) is 5.91 Å². The normalized spacial score (nSPS) is 23.1. The zero-order valence-electron chi connectivity index (χ0n) is 10.7. The predicted molar refractivity (Wildman–Crippen MR) is 71.8 cm³/mol. The highest BCUT2D eigenvalue weighted by atomic mass is 35.5. The Hall–Kier alpha value is -1.20. The largest absolute Gasteiger partial charge is 0.349 e. The summed E-state index contributed by atoms with van der Waals surface area (Å²) in [6.45, 7) is 0. The summed E-state index contributed by atoms with van der Waals surface area (Å²) in [6, 6.07) is 1.76. The van der Waals surface area contributed by atoms with Crippen LogP contribution in [0.3, 0.4) is 0 Å². The van der Waals surface area contributed by atoms with Crippen LogP contribution in [-0.2, 0) is 0 Å². The van der Waals surface area contributed by atoms with E-state index in [4.69, 9.17) is 11.6 Å². The van der Waals surface area contributed by atoms with E-state index in [-0.39, 0.29) is 22.7 Å². The van der Waals surface area contributed by atoms with Crippen molar-refractivity contribution in [2.24, 2.45) is 0 Å². The van der Waals surface area contributed by atoms with Gasteiger partial charge in [-0.05, 0) is 38.8 Å². The Morgan fingerprint density at radius 2 is 2.00 bits per heavy atom. The lowest BCUT2D eigenvalue weighted by atomic mass is 9.91. The molecule has 1 aromatic heterocycles. The van der Waals surface area contributed by atoms with Gasteiger partial charge in [-0.15, -0.1) is 0 Å². The van der Waals surface area contributed by atoms with Crippen LogP contribution >= 0.6 is 11.6 Å². The van der Waals surface area contributed by atoms with Crippen molar-refractivity contribution in [1.29, 1.82) is 0 Å². The number of pyridine rings is 1. The Balaban J connectivity index is 1.96. The fourth-order valence-electron chi connectivity index (χ4n) is 2.37. The van der Waals surface area contributed by atoms with E-state index in [1.807, 2.05) is 7.05 Å². The summed E-state index contributed by atoms with van der Waals surface area (Å²) in [5.41, 5.74) is 0.0948. The summed E-state index contributed by atoms with van der Waals surface area (Å²) in [5, 5.41) is 6.15. The molecule has 19 heavy (non-hydrogen) atoms. The number of rotatable bonds is 3. The van der Waals surface area contributed by atoms with Crippen LogP contribution in [0.5, 0.6) is 0 Å². The molecule has 0 bridgehead atoms. The second-order valence-corrected chi connectivity index (χ2v) is 5.16. The predicted octanol–water partition coefficient (Wildman–Crippen LogP) is 2.13. The molecule has 1 aliphatic carbocycles. The van der Waals surface area contributed by atoms with E-state index in [0.717, 1.165) is 37.9 Å². The molecule has 1 fully saturated rings. The Bertz CT molecular complexity index is 461. The van der Waals surface area contributed by atoms with Gasteiger partial charge in [0.2, 0.25) is 0 Å². The van der Waals surface area contributed by atoms with Gasteiger partial charge in [-0.25, -0.2) is 9.37 Å². The maximum Gasteiger partial charge on any atom is 0.254 e. The highest BCUT2D eigenvalue weighted by Gasteiger charge is 2.22. The third-order valence-corrected chi connectivity index (χ3v) is 3.82. The zero-order valence-corrected chi connectivity index (χ0v) is 11.5. The first-order valence-corrected chi connectivity index (χ1v) is 6.77. The second-order valence-electron chi connectivity index (χ2n) is 4.80. The van der Waals surface area contributed by atoms with E-state index in [1.54, 1.807) is 0 Å². The van der Waals surface area contributed by atoms with E-state index in [0.29, 0.717) is 6.04 Å². The summed E-state index contributed by atoms with van der Waals surface area (Å²) in [5.74, 6) is -0.918. The number of nitrogens with one attached hydrogen (secondary N) is 2. The molecule has 0 spiro atoms. The Labute approximate surface area is 116 Å². The molecule has 0 unspecified atom stereocenters. The molecule has 1 heterocycles. The zero-order chi connectivity index (χ0) is 13.8. The fourth-order valence-corrected chi connectivity index (χ4v) is 2.56. The molecule has 0 aromatic carbocycles. The lowest BCUT2D eigenvalue weighted by molar-refractivity contribution is 0.0924. The SMILES string of the molecule is CNC1CCC(NC(=O)c2cc(F)cnc2Cl)CC1. The van der Waals surface area contributed by atoms with E-state index < -0.39 is 5.82 Å². The van der Waals surface area contributed by atoms with Gasteiger partial charge >= 0.3 is 0 Å². The van der Waals surface area contributed by atoms with Crippen molar-refractivity contribution in [1.82, 2.24) is 15.6 Å². The van der Waals surface area contributed by atoms with E-state index in [1.165, 1.54) is 0 Å². The molecule has 0 atom stereocenters. The minimum Gasteiger partial charge on any atom is -0.349 e. The van der Waals surface area contributed by atoms with Gasteiger partial charge in [0.05, 0.1) is 11.8 Å². The first-order valence-electron chi connectivity index (χ1n) is 6.39. The van der Waals surface area contributed by atoms with Gasteiger partial charge in [0, 0.05) is 12.1 Å². The number of carbonyl (C=O) groups is 1. The highest BCUT2D eigenvalue weighted by molar-refractivity contribution is 6.32. The number of carbonyl (C=O) groups excluding carboxylic acids is 1. The third-order valence-electron chi connectivity index (χ3n) is 3.52. The van der Waals surface area contributed by atoms with Crippen molar-refractivity contribution in [3.8, 4) is 0 Å². The van der Waals surface area contributed by atoms with E-state index >= 15 is 0 Å². The van der Waals surface area contributed by atoms with Crippen LogP contribution in [0, 0.1) is 5.82 Å². The molecular formula is C13H17ClFN3O. The maximum atomic E-state index is 13.1. The van der Waals surface area contributed by atoms with Crippen molar-refractivity contribution in [3.05, 3.63) is 28.8 Å². The molecule has 1 saturated carbocycles. The first-order chi connectivity index (χ1) is 9.10. The Morgan fingerprint density at radius 1 is 1.37 bits per heavy atom. The molecule has 1 aliphatic rings. The van der Waals surface area contributed by atoms with Crippen LogP contribution in [0.2, 0.25) is 5.15 Å². The first kappa shape index (κ1) is 14.2. The average molecular weight is 286 g/mol. The minimum absolute atomic E-state index is 0.0304. The number of hydrogen-bond acceptors (Lipinski definition) is 3. The van der Waals surface area contributed by atoms with Crippen LogP contribution in [0.4, 0.5) is 4.39 Å². The molecule has 0 aliphatic heterocycles. The quantitative estimate of drug-likeness (QED) is 0.837. The summed E-state index contributed by atoms with van der Waals surface area (Å²) in [6.07, 6.45) is 4.87. The summed E-state index contributed by atoms with van der Waals surface area (Å²) >= 11 is 5.81. The molecular weight excluding hydrogens is 269 g/mol. The molecule has 6 heteroatoms. The molecule has 4 nitrogen and oxygen atoms in total. The lowest BCUT2D eigenvalue weighted by Crippen LogP contribution is -2.41. The molecule has 1 amide bonds. The van der Waals surface area contributed by atoms with Crippen molar-refractivity contribution in [2.45, 2.75) is 37.8 Å². The van der Waals surface area contributed by atoms with Crippen molar-refractivity contribution >= 4 is 17.5 Å². The number of hydrogen-bond donors (Lipinski definition) is 2. The van der Waals surface area contributed by atoms with Gasteiger partial charge in [-0.1, -0.05) is 11.6 Å². The summed E-state index contributed by atoms with van der Waals surface area (Å²) in [7, 11) is 1.95. The molecule has 104 valence electrons. The van der Waals surface area contributed by atoms with E-state index in [2.05, 4.69) is 15.6 Å². The smallest absolute Gasteiger partial charge is 0.254 e. The number of amides is 1. The van der Waals surface area contributed by atoms with Gasteiger partial charge < -0.3 is 10.6 Å². The maximum absolute atomic E-state index is 13.1. The third kappa shape index (κ3) is 3.64.